The maximum absolute atomic E-state index is 13.2. The number of benzene rings is 4. The highest BCUT2D eigenvalue weighted by Crippen LogP contribution is 2.27. The second kappa shape index (κ2) is 34.3. The van der Waals surface area contributed by atoms with Crippen LogP contribution in [0.15, 0.2) is 121 Å². The number of halogens is 5. The molecule has 0 aliphatic carbocycles. The highest BCUT2D eigenvalue weighted by atomic mass is 35.5. The van der Waals surface area contributed by atoms with Crippen LogP contribution in [-0.2, 0) is 45.1 Å². The second-order valence-electron chi connectivity index (χ2n) is 20.9. The molecule has 0 saturated carbocycles. The van der Waals surface area contributed by atoms with E-state index in [9.17, 15) is 42.6 Å². The lowest BCUT2D eigenvalue weighted by atomic mass is 9.87. The van der Waals surface area contributed by atoms with Crippen LogP contribution in [0.2, 0.25) is 0 Å². The number of nitriles is 2. The number of alkyl carbamates (subject to hydrolysis) is 1. The number of hydrogen-bond acceptors (Lipinski definition) is 11. The number of nitrogens with zero attached hydrogens (tertiary/aromatic N) is 4. The molecule has 4 aromatic rings. The van der Waals surface area contributed by atoms with Gasteiger partial charge in [-0.3, -0.25) is 4.79 Å². The van der Waals surface area contributed by atoms with Crippen molar-refractivity contribution in [2.24, 2.45) is 10.8 Å². The molecule has 4 atom stereocenters. The third-order valence-corrected chi connectivity index (χ3v) is 11.6. The van der Waals surface area contributed by atoms with Crippen LogP contribution in [0.5, 0.6) is 0 Å². The normalized spacial score (nSPS) is 12.9. The molecule has 0 heterocycles. The Morgan fingerprint density at radius 2 is 0.897 bits per heavy atom. The van der Waals surface area contributed by atoms with Crippen LogP contribution < -0.4 is 10.6 Å². The van der Waals surface area contributed by atoms with E-state index in [-0.39, 0.29) is 57.6 Å². The number of carbonyl (C=O) groups is 4. The number of nitrogens with one attached hydrogen (secondary N) is 2. The first-order chi connectivity index (χ1) is 36.7. The minimum atomic E-state index is -5.14. The molecular weight excluding hydrogens is 1050 g/mol. The standard InChI is InChI=1S/C30H41N3O5.C27H32F3N3O4.CH2Cl2/c1-29(2,3)38-27(35)32-25(19-23-13-8-6-9-14-23)26(34)20-33(22-30(4,5)17-12-18-31)28(36)37-21-24-15-10-7-11-16-24;1-26(2,14-9-15-31)19-33(25(36)37-18-21-12-7-4-8-13-21)17-23(34)22(32-24(35)27(28,29)30)16-20-10-5-3-6-11-20;2-1-3/h6-11,13-16,25-26,34H,12,17,19-22H2,1-5H3,(H,32,35);3-8,10-13,22-23,34H,9,14,16-19H2,1-2H3,(H,32,35);1H2/t25?,26-;22?,23-;/m11./s1. The molecule has 2 unspecified atom stereocenters. The first-order valence-corrected chi connectivity index (χ1v) is 26.4. The van der Waals surface area contributed by atoms with Crippen molar-refractivity contribution in [2.75, 3.05) is 31.5 Å². The van der Waals surface area contributed by atoms with Gasteiger partial charge in [0.2, 0.25) is 0 Å². The van der Waals surface area contributed by atoms with Gasteiger partial charge in [0.15, 0.2) is 0 Å². The number of amides is 4. The minimum Gasteiger partial charge on any atom is -0.445 e. The first-order valence-electron chi connectivity index (χ1n) is 25.3. The first kappa shape index (κ1) is 67.5. The molecule has 78 heavy (non-hydrogen) atoms. The summed E-state index contributed by atoms with van der Waals surface area (Å²) in [5, 5.41) is 45.2. The van der Waals surface area contributed by atoms with Crippen molar-refractivity contribution >= 4 is 47.4 Å². The van der Waals surface area contributed by atoms with E-state index >= 15 is 0 Å². The number of alkyl halides is 5. The van der Waals surface area contributed by atoms with Gasteiger partial charge >= 0.3 is 30.4 Å². The number of rotatable bonds is 24. The molecule has 0 saturated heterocycles. The van der Waals surface area contributed by atoms with Crippen molar-refractivity contribution < 1.29 is 56.8 Å². The summed E-state index contributed by atoms with van der Waals surface area (Å²) in [7, 11) is 0. The van der Waals surface area contributed by atoms with E-state index in [2.05, 4.69) is 17.5 Å². The Labute approximate surface area is 467 Å². The number of aliphatic hydroxyl groups excluding tert-OH is 2. The van der Waals surface area contributed by atoms with Crippen LogP contribution in [0.25, 0.3) is 0 Å². The monoisotopic (exact) mass is 1130 g/mol. The molecule has 4 N–H and O–H groups in total. The Bertz CT molecular complexity index is 2460. The predicted molar refractivity (Wildman–Crippen MR) is 294 cm³/mol. The maximum atomic E-state index is 13.2. The van der Waals surface area contributed by atoms with Crippen LogP contribution >= 0.6 is 23.2 Å². The Balaban J connectivity index is 0.000000508. The Morgan fingerprint density at radius 1 is 0.577 bits per heavy atom. The van der Waals surface area contributed by atoms with Gasteiger partial charge in [0.25, 0.3) is 0 Å². The van der Waals surface area contributed by atoms with E-state index in [0.717, 1.165) is 16.7 Å². The van der Waals surface area contributed by atoms with Crippen LogP contribution in [0.3, 0.4) is 0 Å². The van der Waals surface area contributed by atoms with Gasteiger partial charge in [0, 0.05) is 25.9 Å². The summed E-state index contributed by atoms with van der Waals surface area (Å²) in [5.74, 6) is -2.18. The minimum absolute atomic E-state index is 0.0385. The van der Waals surface area contributed by atoms with Crippen molar-refractivity contribution in [3.8, 4) is 12.1 Å². The fourth-order valence-electron chi connectivity index (χ4n) is 7.73. The van der Waals surface area contributed by atoms with E-state index < -0.39 is 71.1 Å². The molecule has 426 valence electrons. The summed E-state index contributed by atoms with van der Waals surface area (Å²) in [5.41, 5.74) is 1.45. The Morgan fingerprint density at radius 3 is 1.21 bits per heavy atom. The van der Waals surface area contributed by atoms with Gasteiger partial charge < -0.3 is 44.9 Å². The lowest BCUT2D eigenvalue weighted by Crippen LogP contribution is -2.54. The quantitative estimate of drug-likeness (QED) is 0.0382. The fraction of sp³-hybridized carbons (Fsp3) is 0.483. The van der Waals surface area contributed by atoms with Crippen molar-refractivity contribution in [1.82, 2.24) is 20.4 Å². The van der Waals surface area contributed by atoms with Gasteiger partial charge in [-0.1, -0.05) is 149 Å². The smallest absolute Gasteiger partial charge is 0.445 e. The zero-order valence-corrected chi connectivity index (χ0v) is 47.0. The van der Waals surface area contributed by atoms with Gasteiger partial charge in [0.05, 0.1) is 54.9 Å². The van der Waals surface area contributed by atoms with Gasteiger partial charge in [0.1, 0.15) is 18.8 Å². The van der Waals surface area contributed by atoms with E-state index in [0.29, 0.717) is 31.2 Å². The number of aliphatic hydroxyl groups is 2. The van der Waals surface area contributed by atoms with Crippen LogP contribution in [-0.4, -0.2) is 112 Å². The molecule has 0 spiro atoms. The summed E-state index contributed by atoms with van der Waals surface area (Å²) in [6.07, 6.45) is -7.93. The van der Waals surface area contributed by atoms with Crippen LogP contribution in [0.4, 0.5) is 27.6 Å². The van der Waals surface area contributed by atoms with Gasteiger partial charge in [-0.05, 0) is 79.5 Å². The highest BCUT2D eigenvalue weighted by Gasteiger charge is 2.41. The molecule has 4 aromatic carbocycles. The summed E-state index contributed by atoms with van der Waals surface area (Å²) in [4.78, 5) is 53.2. The summed E-state index contributed by atoms with van der Waals surface area (Å²) < 4.78 is 55.4. The highest BCUT2D eigenvalue weighted by molar-refractivity contribution is 6.40. The van der Waals surface area contributed by atoms with E-state index in [4.69, 9.17) is 47.9 Å². The summed E-state index contributed by atoms with van der Waals surface area (Å²) >= 11 is 9.53. The molecule has 0 fully saturated rings. The largest absolute Gasteiger partial charge is 0.471 e. The summed E-state index contributed by atoms with van der Waals surface area (Å²) in [6.45, 7) is 12.8. The topological polar surface area (TPSA) is 215 Å². The molecule has 4 amide bonds. The Kier molecular flexibility index (Phi) is 29.7. The maximum Gasteiger partial charge on any atom is 0.471 e. The number of carbonyl (C=O) groups excluding carboxylic acids is 4. The average Bonchev–Trinajstić information content (AvgIpc) is 3.38. The lowest BCUT2D eigenvalue weighted by Gasteiger charge is -2.35. The van der Waals surface area contributed by atoms with Crippen molar-refractivity contribution in [3.05, 3.63) is 144 Å². The Hall–Kier alpha value is -6.57. The molecule has 0 aliphatic heterocycles. The van der Waals surface area contributed by atoms with Gasteiger partial charge in [-0.2, -0.15) is 23.7 Å². The van der Waals surface area contributed by atoms with Gasteiger partial charge in [-0.15, -0.1) is 23.2 Å². The molecule has 0 radical (unpaired) electrons. The van der Waals surface area contributed by atoms with Gasteiger partial charge in [-0.25, -0.2) is 14.4 Å². The predicted octanol–water partition coefficient (Wildman–Crippen LogP) is 11.5. The molecule has 0 aromatic heterocycles. The van der Waals surface area contributed by atoms with Crippen molar-refractivity contribution in [2.45, 2.75) is 136 Å². The van der Waals surface area contributed by atoms with Crippen LogP contribution in [0, 0.1) is 33.5 Å². The van der Waals surface area contributed by atoms with Crippen LogP contribution in [0.1, 0.15) is 96.4 Å². The third-order valence-electron chi connectivity index (χ3n) is 11.6. The molecular formula is C58H75Cl2F3N6O9. The zero-order chi connectivity index (χ0) is 58.4. The van der Waals surface area contributed by atoms with Crippen molar-refractivity contribution in [3.63, 3.8) is 0 Å². The SMILES string of the molecule is CC(C)(CCC#N)CN(C[C@@H](O)C(Cc1ccccc1)NC(=O)C(F)(F)F)C(=O)OCc1ccccc1.CC(C)(CCC#N)CN(C[C@@H](O)C(Cc1ccccc1)NC(=O)OC(C)(C)C)C(=O)OCc1ccccc1.ClCCl. The van der Waals surface area contributed by atoms with E-state index in [1.165, 1.54) is 9.80 Å². The zero-order valence-electron chi connectivity index (χ0n) is 45.5. The number of hydrogen-bond donors (Lipinski definition) is 4. The number of ether oxygens (including phenoxy) is 3. The van der Waals surface area contributed by atoms with E-state index in [1.54, 1.807) is 75.4 Å². The van der Waals surface area contributed by atoms with Crippen molar-refractivity contribution in [1.29, 1.82) is 10.5 Å². The molecule has 0 bridgehead atoms. The molecule has 0 aliphatic rings. The van der Waals surface area contributed by atoms with E-state index in [1.807, 2.05) is 99.7 Å². The average molecular weight is 1130 g/mol. The lowest BCUT2D eigenvalue weighted by molar-refractivity contribution is -0.175. The fourth-order valence-corrected chi connectivity index (χ4v) is 7.73. The molecule has 4 rings (SSSR count). The molecule has 15 nitrogen and oxygen atoms in total. The second-order valence-corrected chi connectivity index (χ2v) is 21.7. The summed E-state index contributed by atoms with van der Waals surface area (Å²) in [6, 6.07) is 38.4. The molecule has 20 heteroatoms. The third kappa shape index (κ3) is 28.7.